The summed E-state index contributed by atoms with van der Waals surface area (Å²) in [7, 11) is 0. The maximum atomic E-state index is 12.4. The fourth-order valence-electron chi connectivity index (χ4n) is 19.0. The first-order valence-corrected chi connectivity index (χ1v) is 42.5. The quantitative estimate of drug-likeness (QED) is 0.0180. The molecule has 8 fully saturated rings. The number of carbonyl (C=O) groups excluding carboxylic acids is 4. The number of ether oxygens (including phenoxy) is 10. The van der Waals surface area contributed by atoms with Crippen LogP contribution in [0.1, 0.15) is 182 Å². The Morgan fingerprint density at radius 3 is 1.36 bits per heavy atom. The van der Waals surface area contributed by atoms with Gasteiger partial charge in [0.2, 0.25) is 12.1 Å². The van der Waals surface area contributed by atoms with E-state index in [9.17, 15) is 43.2 Å². The third kappa shape index (κ3) is 25.5. The van der Waals surface area contributed by atoms with E-state index in [4.69, 9.17) is 48.1 Å². The van der Waals surface area contributed by atoms with Crippen LogP contribution < -0.4 is 36.3 Å². The summed E-state index contributed by atoms with van der Waals surface area (Å²) in [4.78, 5) is 103. The molecule has 5 aromatic heterocycles. The molecule has 26 nitrogen and oxygen atoms in total. The first-order chi connectivity index (χ1) is 55.4. The molecule has 2 aliphatic heterocycles. The first-order valence-electron chi connectivity index (χ1n) is 41.4. The van der Waals surface area contributed by atoms with Crippen molar-refractivity contribution in [2.75, 3.05) is 58.2 Å². The summed E-state index contributed by atoms with van der Waals surface area (Å²) >= 11 is 2.94. The van der Waals surface area contributed by atoms with Crippen molar-refractivity contribution in [3.05, 3.63) is 175 Å². The monoisotopic (exact) mass is 1680 g/mol. The topological polar surface area (TPSA) is 321 Å². The summed E-state index contributed by atoms with van der Waals surface area (Å²) in [6, 6.07) is 15.9. The zero-order valence-electron chi connectivity index (χ0n) is 69.7. The number of aliphatic carboxylic acids is 1. The Balaban J connectivity index is 0.000000195. The van der Waals surface area contributed by atoms with Gasteiger partial charge in [0.05, 0.1) is 65.1 Å². The number of carbonyl (C=O) groups is 5. The molecule has 0 aromatic carbocycles. The number of carboxylic acids is 1. The van der Waals surface area contributed by atoms with Crippen molar-refractivity contribution >= 4 is 45.8 Å². The van der Waals surface area contributed by atoms with Crippen LogP contribution in [0.15, 0.2) is 141 Å². The number of aromatic hydroxyl groups is 1. The van der Waals surface area contributed by atoms with E-state index >= 15 is 0 Å². The number of aromatic amines is 1. The Hall–Kier alpha value is -8.50. The van der Waals surface area contributed by atoms with Gasteiger partial charge in [0.25, 0.3) is 16.7 Å². The number of nitrogens with zero attached hydrogens (tertiary/aromatic N) is 4. The number of alkyl halides is 1. The number of fused-ring (bicyclic) bond motifs is 6. The number of H-pyrrole nitrogens is 1. The second-order valence-electron chi connectivity index (χ2n) is 32.7. The van der Waals surface area contributed by atoms with E-state index in [1.165, 1.54) is 109 Å². The number of rotatable bonds is 23. The van der Waals surface area contributed by atoms with Crippen molar-refractivity contribution in [2.24, 2.45) is 57.2 Å². The number of nitrogens with one attached hydrogen (secondary N) is 1. The average Bonchev–Trinajstić information content (AvgIpc) is 0.785. The Bertz CT molecular complexity index is 4240. The fourth-order valence-corrected chi connectivity index (χ4v) is 19.1. The van der Waals surface area contributed by atoms with Crippen molar-refractivity contribution in [3.63, 3.8) is 0 Å². The molecule has 7 heterocycles. The molecule has 0 spiro atoms. The van der Waals surface area contributed by atoms with Gasteiger partial charge in [0.15, 0.2) is 25.0 Å². The number of pyridine rings is 5. The molecular formula is C89H125BrN5O21+. The standard InChI is InChI=1S/C31H45NO6.C29H41NO5.C10H13NO3.C9H11NO4.C6H7NO.C4H7BrO2/c1-5-35-28(34)19-32-16-13-23(18-27(32)33)36-17-14-24-21(2)10-11-25-30(24,3)15-12-26-31(25,4)20-37-29(38-26)22-8-6-7-9-22;1-20-8-9-24-28(2,23(20)13-17-33-22-11-15-30(16-12-22)18-26(31)32)14-10-25-29(24,3)19-34-27(35-25)21-6-4-5-7-21;1-3-14-10(13)7-11-5-4-8(2)6-9(11)12;1-2-14-9(13)6-10-4-3-7(11)5-8(10)12;1-5-2-3-7-6(8)4-5;1-2-7-4(6)3-5/h13,16,18,22,24-26,29H,2,5-12,14-15,17,19-20H2,1,3-4H3;11-12,15-16,21,23-25,27H,1,4-10,13-14,17-19H2,2-3H3;4-6H,3,7H2,1-2H3;3-5,11H,2,6H2,1H3;2-4H,1H3,(H,7,8);2-3H2,1H3/p+1/t24-,25?,26-,29-,30+,31+;23-,24?,25-,27-,28+,29+;;;;/m11..../s1. The van der Waals surface area contributed by atoms with Crippen LogP contribution in [-0.4, -0.2) is 142 Å². The normalized spacial score (nSPS) is 26.4. The molecule has 0 amide bonds. The van der Waals surface area contributed by atoms with Crippen LogP contribution in [0, 0.1) is 71.0 Å². The zero-order valence-corrected chi connectivity index (χ0v) is 71.2. The van der Waals surface area contributed by atoms with Crippen molar-refractivity contribution in [2.45, 2.75) is 236 Å². The highest BCUT2D eigenvalue weighted by Gasteiger charge is 2.62. The zero-order chi connectivity index (χ0) is 84.3. The molecule has 638 valence electrons. The number of carboxylic acid groups (broad SMARTS) is 1. The Morgan fingerprint density at radius 1 is 0.543 bits per heavy atom. The van der Waals surface area contributed by atoms with Gasteiger partial charge < -0.3 is 76.3 Å². The van der Waals surface area contributed by atoms with E-state index in [0.29, 0.717) is 85.7 Å². The second-order valence-corrected chi connectivity index (χ2v) is 33.3. The van der Waals surface area contributed by atoms with Gasteiger partial charge in [0.1, 0.15) is 42.2 Å². The highest BCUT2D eigenvalue weighted by atomic mass is 79.9. The van der Waals surface area contributed by atoms with Crippen LogP contribution in [0.2, 0.25) is 0 Å². The lowest BCUT2D eigenvalue weighted by molar-refractivity contribution is -0.685. The van der Waals surface area contributed by atoms with Gasteiger partial charge in [0, 0.05) is 83.9 Å². The van der Waals surface area contributed by atoms with E-state index in [0.717, 1.165) is 92.1 Å². The van der Waals surface area contributed by atoms with Crippen molar-refractivity contribution < 1.29 is 86.1 Å². The minimum absolute atomic E-state index is 0.00253. The third-order valence-electron chi connectivity index (χ3n) is 24.7. The largest absolute Gasteiger partial charge is 0.508 e. The lowest BCUT2D eigenvalue weighted by Gasteiger charge is -2.63. The predicted molar refractivity (Wildman–Crippen MR) is 440 cm³/mol. The summed E-state index contributed by atoms with van der Waals surface area (Å²) in [5.74, 6) is 1.84. The minimum atomic E-state index is -0.853. The molecule has 2 unspecified atom stereocenters. The summed E-state index contributed by atoms with van der Waals surface area (Å²) in [5, 5.41) is 18.2. The number of halogens is 1. The molecular weight excluding hydrogens is 1550 g/mol. The number of allylic oxidation sites excluding steroid dienone is 2. The molecule has 6 aliphatic carbocycles. The van der Waals surface area contributed by atoms with E-state index in [2.05, 4.69) is 71.2 Å². The van der Waals surface area contributed by atoms with Crippen LogP contribution in [0.4, 0.5) is 0 Å². The maximum absolute atomic E-state index is 12.4. The second kappa shape index (κ2) is 44.3. The minimum Gasteiger partial charge on any atom is -0.508 e. The fraction of sp³-hybridized carbons (Fsp3) is 0.618. The Morgan fingerprint density at radius 2 is 0.966 bits per heavy atom. The van der Waals surface area contributed by atoms with Crippen molar-refractivity contribution in [3.8, 4) is 17.2 Å². The molecule has 13 rings (SSSR count). The summed E-state index contributed by atoms with van der Waals surface area (Å²) in [6.07, 6.45) is 31.1. The molecule has 6 saturated carbocycles. The van der Waals surface area contributed by atoms with E-state index < -0.39 is 29.4 Å². The molecule has 27 heteroatoms. The average molecular weight is 1680 g/mol. The van der Waals surface area contributed by atoms with Crippen LogP contribution in [0.25, 0.3) is 0 Å². The van der Waals surface area contributed by atoms with Gasteiger partial charge in [-0.25, -0.2) is 4.79 Å². The van der Waals surface area contributed by atoms with Gasteiger partial charge in [-0.05, 0) is 201 Å². The van der Waals surface area contributed by atoms with E-state index in [1.54, 1.807) is 81.4 Å². The molecule has 0 radical (unpaired) electrons. The Kier molecular flexibility index (Phi) is 35.6. The lowest BCUT2D eigenvalue weighted by Crippen LogP contribution is -2.62. The maximum Gasteiger partial charge on any atom is 0.370 e. The smallest absolute Gasteiger partial charge is 0.370 e. The number of aromatic nitrogens is 5. The molecule has 12 atom stereocenters. The van der Waals surface area contributed by atoms with Gasteiger partial charge in [-0.2, -0.15) is 4.57 Å². The number of esters is 4. The SMILES string of the molecule is C=C1CCC2[C@]3(C)CO[C@@H](C4CCCC4)O[C@@H]3CC[C@@]2(C)[C@@H]1CCOc1cc[n+](CC(=O)O)cc1.C=C1CCC2[C@]3(C)CO[C@@H](C4CCCC4)O[C@@H]3CC[C@@]2(C)[C@@H]1CCOc1ccn(CC(=O)OCC)c(=O)c1.CCOC(=O)CBr.CCOC(=O)Cn1ccc(C)cc1=O.CCOC(=O)Cn1ccc(O)cc1=O.Cc1cc[nH]c(=O)c1. The van der Waals surface area contributed by atoms with Gasteiger partial charge in [-0.1, -0.05) is 93.6 Å². The molecule has 2 saturated heterocycles. The predicted octanol–water partition coefficient (Wildman–Crippen LogP) is 13.1. The first kappa shape index (κ1) is 93.0. The molecule has 5 aromatic rings. The van der Waals surface area contributed by atoms with Crippen LogP contribution in [-0.2, 0) is 88.0 Å². The van der Waals surface area contributed by atoms with Crippen molar-refractivity contribution in [1.29, 1.82) is 0 Å². The molecule has 0 bridgehead atoms. The summed E-state index contributed by atoms with van der Waals surface area (Å²) in [6.45, 7) is 33.3. The van der Waals surface area contributed by atoms with Crippen molar-refractivity contribution in [1.82, 2.24) is 18.7 Å². The van der Waals surface area contributed by atoms with Crippen LogP contribution >= 0.6 is 15.9 Å². The third-order valence-corrected chi connectivity index (χ3v) is 25.2. The van der Waals surface area contributed by atoms with Gasteiger partial charge in [-0.15, -0.1) is 0 Å². The van der Waals surface area contributed by atoms with Gasteiger partial charge >= 0.3 is 29.8 Å². The lowest BCUT2D eigenvalue weighted by atomic mass is 9.46. The summed E-state index contributed by atoms with van der Waals surface area (Å²) < 4.78 is 62.8. The highest BCUT2D eigenvalue weighted by molar-refractivity contribution is 9.09. The summed E-state index contributed by atoms with van der Waals surface area (Å²) in [5.41, 5.74) is 4.01. The molecule has 8 aliphatic rings. The number of hydrogen-bond acceptors (Lipinski definition) is 20. The van der Waals surface area contributed by atoms with E-state index in [-0.39, 0.29) is 102 Å². The number of aryl methyl sites for hydroxylation is 2. The van der Waals surface area contributed by atoms with Crippen LogP contribution in [0.5, 0.6) is 17.2 Å². The van der Waals surface area contributed by atoms with E-state index in [1.807, 2.05) is 32.0 Å². The molecule has 116 heavy (non-hydrogen) atoms. The Labute approximate surface area is 690 Å². The number of hydrogen-bond donors (Lipinski definition) is 3. The van der Waals surface area contributed by atoms with Crippen LogP contribution in [0.3, 0.4) is 0 Å². The van der Waals surface area contributed by atoms with Gasteiger partial charge in [-0.3, -0.25) is 38.4 Å². The molecule has 3 N–H and O–H groups in total. The highest BCUT2D eigenvalue weighted by Crippen LogP contribution is 2.65.